The van der Waals surface area contributed by atoms with E-state index in [1.807, 2.05) is 19.1 Å². The Morgan fingerprint density at radius 2 is 1.88 bits per heavy atom. The van der Waals surface area contributed by atoms with E-state index in [9.17, 15) is 8.42 Å². The number of nitrogens with one attached hydrogen (secondary N) is 1. The molecule has 0 radical (unpaired) electrons. The van der Waals surface area contributed by atoms with Crippen molar-refractivity contribution in [2.24, 2.45) is 0 Å². The molecule has 1 aliphatic carbocycles. The minimum absolute atomic E-state index is 0.124. The summed E-state index contributed by atoms with van der Waals surface area (Å²) in [5.41, 5.74) is 1.11. The van der Waals surface area contributed by atoms with Crippen molar-refractivity contribution in [3.05, 3.63) is 29.8 Å². The summed E-state index contributed by atoms with van der Waals surface area (Å²) in [5, 5.41) is 9.12. The molecule has 1 saturated carbocycles. The number of aliphatic hydroxyl groups is 1. The lowest BCUT2D eigenvalue weighted by Crippen LogP contribution is -2.46. The molecule has 0 aliphatic heterocycles. The second kappa shape index (κ2) is 4.76. The monoisotopic (exact) mass is 255 g/mol. The number of hydrogen-bond acceptors (Lipinski definition) is 3. The molecule has 94 valence electrons. The van der Waals surface area contributed by atoms with Crippen molar-refractivity contribution in [3.63, 3.8) is 0 Å². The van der Waals surface area contributed by atoms with Crippen LogP contribution >= 0.6 is 0 Å². The van der Waals surface area contributed by atoms with Crippen LogP contribution in [-0.4, -0.2) is 25.7 Å². The Hall–Kier alpha value is -0.910. The first-order valence-corrected chi connectivity index (χ1v) is 7.29. The predicted octanol–water partition coefficient (Wildman–Crippen LogP) is 1.05. The van der Waals surface area contributed by atoms with Crippen LogP contribution in [0.25, 0.3) is 0 Å². The quantitative estimate of drug-likeness (QED) is 0.845. The molecule has 1 aromatic carbocycles. The molecule has 0 spiro atoms. The Morgan fingerprint density at radius 3 is 2.35 bits per heavy atom. The number of aryl methyl sites for hydroxylation is 1. The van der Waals surface area contributed by atoms with E-state index in [2.05, 4.69) is 4.72 Å². The Morgan fingerprint density at radius 1 is 1.29 bits per heavy atom. The van der Waals surface area contributed by atoms with Gasteiger partial charge in [0.1, 0.15) is 0 Å². The lowest BCUT2D eigenvalue weighted by molar-refractivity contribution is 0.0712. The highest BCUT2D eigenvalue weighted by Crippen LogP contribution is 2.22. The molecule has 0 amide bonds. The highest BCUT2D eigenvalue weighted by molar-refractivity contribution is 7.89. The van der Waals surface area contributed by atoms with E-state index < -0.39 is 10.0 Å². The highest BCUT2D eigenvalue weighted by Gasteiger charge is 2.31. The summed E-state index contributed by atoms with van der Waals surface area (Å²) in [6, 6.07) is 6.77. The lowest BCUT2D eigenvalue weighted by atomic mass is 9.91. The maximum Gasteiger partial charge on any atom is 0.240 e. The molecule has 0 aromatic heterocycles. The molecule has 4 nitrogen and oxygen atoms in total. The Bertz CT molecular complexity index is 475. The summed E-state index contributed by atoms with van der Waals surface area (Å²) in [6.45, 7) is 2.03. The molecule has 17 heavy (non-hydrogen) atoms. The summed E-state index contributed by atoms with van der Waals surface area (Å²) >= 11 is 0. The SMILES string of the molecule is CCc1ccc(S(=O)(=O)NC2CC(O)C2)cc1. The van der Waals surface area contributed by atoms with E-state index in [1.54, 1.807) is 12.1 Å². The van der Waals surface area contributed by atoms with Crippen molar-refractivity contribution >= 4 is 10.0 Å². The van der Waals surface area contributed by atoms with E-state index in [0.29, 0.717) is 12.8 Å². The van der Waals surface area contributed by atoms with Gasteiger partial charge in [-0.25, -0.2) is 13.1 Å². The molecule has 0 unspecified atom stereocenters. The van der Waals surface area contributed by atoms with Crippen LogP contribution in [0, 0.1) is 0 Å². The molecule has 1 aromatic rings. The zero-order valence-electron chi connectivity index (χ0n) is 9.76. The molecule has 0 atom stereocenters. The first-order chi connectivity index (χ1) is 8.01. The van der Waals surface area contributed by atoms with Gasteiger partial charge in [-0.3, -0.25) is 0 Å². The smallest absolute Gasteiger partial charge is 0.240 e. The fourth-order valence-corrected chi connectivity index (χ4v) is 3.14. The van der Waals surface area contributed by atoms with Gasteiger partial charge in [0, 0.05) is 6.04 Å². The molecule has 2 rings (SSSR count). The Balaban J connectivity index is 2.08. The van der Waals surface area contributed by atoms with Gasteiger partial charge in [0.2, 0.25) is 10.0 Å². The van der Waals surface area contributed by atoms with E-state index in [4.69, 9.17) is 5.11 Å². The summed E-state index contributed by atoms with van der Waals surface area (Å²) in [6.07, 6.45) is 1.55. The average Bonchev–Trinajstić information content (AvgIpc) is 2.27. The van der Waals surface area contributed by atoms with Gasteiger partial charge in [-0.1, -0.05) is 19.1 Å². The van der Waals surface area contributed by atoms with Gasteiger partial charge in [-0.2, -0.15) is 0 Å². The highest BCUT2D eigenvalue weighted by atomic mass is 32.2. The maximum absolute atomic E-state index is 11.9. The normalized spacial score (nSPS) is 24.4. The minimum atomic E-state index is -3.43. The first kappa shape index (κ1) is 12.5. The number of benzene rings is 1. The van der Waals surface area contributed by atoms with Crippen LogP contribution in [0.2, 0.25) is 0 Å². The molecular formula is C12H17NO3S. The third kappa shape index (κ3) is 2.86. The maximum atomic E-state index is 11.9. The van der Waals surface area contributed by atoms with Crippen molar-refractivity contribution in [2.75, 3.05) is 0 Å². The van der Waals surface area contributed by atoms with Gasteiger partial charge in [-0.05, 0) is 37.0 Å². The number of hydrogen-bond donors (Lipinski definition) is 2. The Kier molecular flexibility index (Phi) is 3.51. The molecule has 0 bridgehead atoms. The van der Waals surface area contributed by atoms with E-state index in [-0.39, 0.29) is 17.0 Å². The molecule has 1 fully saturated rings. The van der Waals surface area contributed by atoms with Crippen molar-refractivity contribution in [2.45, 2.75) is 43.2 Å². The van der Waals surface area contributed by atoms with Crippen LogP contribution in [0.5, 0.6) is 0 Å². The summed E-state index contributed by atoms with van der Waals surface area (Å²) < 4.78 is 26.5. The van der Waals surface area contributed by atoms with E-state index in [0.717, 1.165) is 12.0 Å². The number of sulfonamides is 1. The second-order valence-electron chi connectivity index (χ2n) is 4.44. The number of rotatable bonds is 4. The van der Waals surface area contributed by atoms with Crippen molar-refractivity contribution < 1.29 is 13.5 Å². The van der Waals surface area contributed by atoms with Crippen LogP contribution in [-0.2, 0) is 16.4 Å². The van der Waals surface area contributed by atoms with Crippen LogP contribution in [0.4, 0.5) is 0 Å². The fraction of sp³-hybridized carbons (Fsp3) is 0.500. The standard InChI is InChI=1S/C12H17NO3S/c1-2-9-3-5-12(6-4-9)17(15,16)13-10-7-11(14)8-10/h3-6,10-11,13-14H,2,7-8H2,1H3. The van der Waals surface area contributed by atoms with Crippen LogP contribution in [0.15, 0.2) is 29.2 Å². The van der Waals surface area contributed by atoms with E-state index in [1.165, 1.54) is 0 Å². The molecule has 0 saturated heterocycles. The van der Waals surface area contributed by atoms with Gasteiger partial charge in [0.05, 0.1) is 11.0 Å². The van der Waals surface area contributed by atoms with Gasteiger partial charge in [-0.15, -0.1) is 0 Å². The van der Waals surface area contributed by atoms with Crippen LogP contribution in [0.3, 0.4) is 0 Å². The van der Waals surface area contributed by atoms with Crippen LogP contribution in [0.1, 0.15) is 25.3 Å². The van der Waals surface area contributed by atoms with Gasteiger partial charge in [0.25, 0.3) is 0 Å². The molecule has 0 heterocycles. The molecular weight excluding hydrogens is 238 g/mol. The third-order valence-corrected chi connectivity index (χ3v) is 4.61. The topological polar surface area (TPSA) is 66.4 Å². The zero-order valence-corrected chi connectivity index (χ0v) is 10.6. The molecule has 2 N–H and O–H groups in total. The van der Waals surface area contributed by atoms with Crippen LogP contribution < -0.4 is 4.72 Å². The number of aliphatic hydroxyl groups excluding tert-OH is 1. The van der Waals surface area contributed by atoms with Gasteiger partial charge < -0.3 is 5.11 Å². The molecule has 5 heteroatoms. The fourth-order valence-electron chi connectivity index (χ4n) is 1.88. The summed E-state index contributed by atoms with van der Waals surface area (Å²) in [7, 11) is -3.43. The lowest BCUT2D eigenvalue weighted by Gasteiger charge is -2.31. The first-order valence-electron chi connectivity index (χ1n) is 5.80. The van der Waals surface area contributed by atoms with Gasteiger partial charge in [0.15, 0.2) is 0 Å². The van der Waals surface area contributed by atoms with E-state index >= 15 is 0 Å². The zero-order chi connectivity index (χ0) is 12.5. The van der Waals surface area contributed by atoms with Crippen molar-refractivity contribution in [1.29, 1.82) is 0 Å². The predicted molar refractivity (Wildman–Crippen MR) is 65.2 cm³/mol. The minimum Gasteiger partial charge on any atom is -0.393 e. The summed E-state index contributed by atoms with van der Waals surface area (Å²) in [4.78, 5) is 0.288. The summed E-state index contributed by atoms with van der Waals surface area (Å²) in [5.74, 6) is 0. The van der Waals surface area contributed by atoms with Crippen molar-refractivity contribution in [1.82, 2.24) is 4.72 Å². The third-order valence-electron chi connectivity index (χ3n) is 3.08. The molecule has 1 aliphatic rings. The largest absolute Gasteiger partial charge is 0.393 e. The second-order valence-corrected chi connectivity index (χ2v) is 6.15. The van der Waals surface area contributed by atoms with Crippen molar-refractivity contribution in [3.8, 4) is 0 Å². The average molecular weight is 255 g/mol. The Labute approximate surface area is 102 Å². The van der Waals surface area contributed by atoms with Gasteiger partial charge >= 0.3 is 0 Å².